The Kier molecular flexibility index (Phi) is 12.1. The number of hydrogen-bond acceptors (Lipinski definition) is 6. The van der Waals surface area contributed by atoms with Gasteiger partial charge in [-0.15, -0.1) is 0 Å². The standard InChI is InChI=1S/C34H44N4O6/c1-23(39)30(40)19-10-4-9-17-26-31(41)36-27(21-24-13-5-2-6-14-24)32(42)37-28(22-25-15-7-3-8-16-25)34(44)38-20-12-11-18-29(38)33(43)35-26/h2-3,5-8,13-16,23,26-29,39H,4,9-12,17-22H2,1H3,(H,35,43)(H,36,41)(H,37,42)/t23-,26+,27+,28+,29-/m1/s1. The molecule has 0 spiro atoms. The smallest absolute Gasteiger partial charge is 0.246 e. The predicted molar refractivity (Wildman–Crippen MR) is 165 cm³/mol. The van der Waals surface area contributed by atoms with E-state index in [0.29, 0.717) is 38.6 Å². The first-order valence-corrected chi connectivity index (χ1v) is 15.7. The van der Waals surface area contributed by atoms with Crippen LogP contribution in [0.4, 0.5) is 0 Å². The Labute approximate surface area is 259 Å². The number of aliphatic hydroxyl groups excluding tert-OH is 1. The van der Waals surface area contributed by atoms with Crippen molar-refractivity contribution >= 4 is 29.4 Å². The normalized spacial score (nSPS) is 23.7. The van der Waals surface area contributed by atoms with Gasteiger partial charge < -0.3 is 26.0 Å². The molecule has 10 heteroatoms. The molecule has 0 unspecified atom stereocenters. The van der Waals surface area contributed by atoms with Crippen LogP contribution in [0.2, 0.25) is 0 Å². The zero-order valence-corrected chi connectivity index (χ0v) is 25.4. The van der Waals surface area contributed by atoms with Gasteiger partial charge in [-0.3, -0.25) is 24.0 Å². The molecule has 4 rings (SSSR count). The number of fused-ring (bicyclic) bond motifs is 1. The Morgan fingerprint density at radius 1 is 0.773 bits per heavy atom. The van der Waals surface area contributed by atoms with Crippen LogP contribution in [-0.2, 0) is 36.8 Å². The summed E-state index contributed by atoms with van der Waals surface area (Å²) in [5, 5.41) is 18.2. The van der Waals surface area contributed by atoms with Crippen molar-refractivity contribution in [2.75, 3.05) is 6.54 Å². The number of ketones is 1. The van der Waals surface area contributed by atoms with Crippen molar-refractivity contribution in [2.24, 2.45) is 0 Å². The van der Waals surface area contributed by atoms with E-state index in [1.165, 1.54) is 6.92 Å². The molecule has 4 amide bonds. The molecule has 4 N–H and O–H groups in total. The molecule has 0 saturated carbocycles. The zero-order valence-electron chi connectivity index (χ0n) is 25.4. The lowest BCUT2D eigenvalue weighted by atomic mass is 9.96. The molecule has 2 fully saturated rings. The maximum Gasteiger partial charge on any atom is 0.246 e. The average Bonchev–Trinajstić information content (AvgIpc) is 3.03. The molecule has 0 bridgehead atoms. The van der Waals surface area contributed by atoms with Crippen molar-refractivity contribution in [3.63, 3.8) is 0 Å². The third-order valence-electron chi connectivity index (χ3n) is 8.42. The lowest BCUT2D eigenvalue weighted by Crippen LogP contribution is -2.63. The lowest BCUT2D eigenvalue weighted by Gasteiger charge is -2.38. The number of carbonyl (C=O) groups excluding carboxylic acids is 5. The van der Waals surface area contributed by atoms with Crippen molar-refractivity contribution in [3.05, 3.63) is 71.8 Å². The Balaban J connectivity index is 1.59. The fourth-order valence-electron chi connectivity index (χ4n) is 5.89. The van der Waals surface area contributed by atoms with Crippen LogP contribution >= 0.6 is 0 Å². The summed E-state index contributed by atoms with van der Waals surface area (Å²) in [7, 11) is 0. The van der Waals surface area contributed by atoms with Crippen LogP contribution in [0.1, 0.15) is 69.4 Å². The van der Waals surface area contributed by atoms with E-state index < -0.39 is 42.1 Å². The van der Waals surface area contributed by atoms with Crippen molar-refractivity contribution < 1.29 is 29.1 Å². The van der Waals surface area contributed by atoms with Crippen LogP contribution in [0.5, 0.6) is 0 Å². The molecule has 2 aliphatic heterocycles. The summed E-state index contributed by atoms with van der Waals surface area (Å²) in [6, 6.07) is 15.2. The third-order valence-corrected chi connectivity index (χ3v) is 8.42. The molecule has 2 aromatic rings. The summed E-state index contributed by atoms with van der Waals surface area (Å²) >= 11 is 0. The molecule has 2 aliphatic rings. The van der Waals surface area contributed by atoms with Gasteiger partial charge >= 0.3 is 0 Å². The molecular weight excluding hydrogens is 560 g/mol. The molecule has 0 aliphatic carbocycles. The molecule has 0 radical (unpaired) electrons. The van der Waals surface area contributed by atoms with Gasteiger partial charge in [-0.1, -0.05) is 73.5 Å². The minimum atomic E-state index is -1.01. The van der Waals surface area contributed by atoms with E-state index in [4.69, 9.17) is 0 Å². The van der Waals surface area contributed by atoms with Crippen molar-refractivity contribution in [3.8, 4) is 0 Å². The monoisotopic (exact) mass is 604 g/mol. The van der Waals surface area contributed by atoms with Gasteiger partial charge in [-0.25, -0.2) is 0 Å². The number of benzene rings is 2. The highest BCUT2D eigenvalue weighted by Crippen LogP contribution is 2.21. The highest BCUT2D eigenvalue weighted by Gasteiger charge is 2.39. The van der Waals surface area contributed by atoms with Crippen LogP contribution in [0.3, 0.4) is 0 Å². The molecule has 2 saturated heterocycles. The highest BCUT2D eigenvalue weighted by molar-refractivity contribution is 5.97. The summed E-state index contributed by atoms with van der Waals surface area (Å²) in [6.45, 7) is 1.83. The highest BCUT2D eigenvalue weighted by atomic mass is 16.3. The van der Waals surface area contributed by atoms with Gasteiger partial charge in [-0.2, -0.15) is 0 Å². The number of aliphatic hydroxyl groups is 1. The van der Waals surface area contributed by atoms with Crippen LogP contribution in [0.25, 0.3) is 0 Å². The van der Waals surface area contributed by atoms with E-state index in [1.807, 2.05) is 60.7 Å². The number of piperidine rings is 1. The summed E-state index contributed by atoms with van der Waals surface area (Å²) in [5.41, 5.74) is 1.71. The second-order valence-corrected chi connectivity index (χ2v) is 11.8. The molecule has 236 valence electrons. The first-order valence-electron chi connectivity index (χ1n) is 15.7. The van der Waals surface area contributed by atoms with Gasteiger partial charge in [0.05, 0.1) is 0 Å². The molecule has 44 heavy (non-hydrogen) atoms. The number of carbonyl (C=O) groups is 5. The number of rotatable bonds is 11. The van der Waals surface area contributed by atoms with E-state index in [2.05, 4.69) is 16.0 Å². The number of hydrogen-bond donors (Lipinski definition) is 4. The van der Waals surface area contributed by atoms with E-state index >= 15 is 0 Å². The number of amides is 4. The SMILES string of the molecule is C[C@@H](O)C(=O)CCCCC[C@@H]1NC(=O)[C@H]2CCCCN2C(=O)[C@H](Cc2ccccc2)NC(=O)[C@H](Cc2ccccc2)NC1=O. The summed E-state index contributed by atoms with van der Waals surface area (Å²) in [4.78, 5) is 68.6. The molecule has 2 aromatic carbocycles. The maximum absolute atomic E-state index is 14.0. The quantitative estimate of drug-likeness (QED) is 0.290. The summed E-state index contributed by atoms with van der Waals surface area (Å²) in [5.74, 6) is -1.86. The summed E-state index contributed by atoms with van der Waals surface area (Å²) in [6.07, 6.45) is 3.71. The van der Waals surface area contributed by atoms with Crippen LogP contribution in [0, 0.1) is 0 Å². The van der Waals surface area contributed by atoms with Gasteiger partial charge in [0, 0.05) is 25.8 Å². The molecule has 0 aromatic heterocycles. The van der Waals surface area contributed by atoms with Gasteiger partial charge in [-0.05, 0) is 50.2 Å². The maximum atomic E-state index is 14.0. The average molecular weight is 605 g/mol. The molecule has 5 atom stereocenters. The Hall–Kier alpha value is -4.05. The minimum Gasteiger partial charge on any atom is -0.386 e. The van der Waals surface area contributed by atoms with Crippen molar-refractivity contribution in [2.45, 2.75) is 101 Å². The molecular formula is C34H44N4O6. The van der Waals surface area contributed by atoms with E-state index in [1.54, 1.807) is 4.90 Å². The number of nitrogens with zero attached hydrogens (tertiary/aromatic N) is 1. The van der Waals surface area contributed by atoms with Crippen LogP contribution in [0.15, 0.2) is 60.7 Å². The Morgan fingerprint density at radius 3 is 1.98 bits per heavy atom. The lowest BCUT2D eigenvalue weighted by molar-refractivity contribution is -0.146. The number of nitrogens with one attached hydrogen (secondary N) is 3. The van der Waals surface area contributed by atoms with Gasteiger partial charge in [0.2, 0.25) is 23.6 Å². The first kappa shape index (κ1) is 32.9. The second-order valence-electron chi connectivity index (χ2n) is 11.8. The van der Waals surface area contributed by atoms with E-state index in [-0.39, 0.29) is 36.9 Å². The predicted octanol–water partition coefficient (Wildman–Crippen LogP) is 2.22. The minimum absolute atomic E-state index is 0.207. The zero-order chi connectivity index (χ0) is 31.5. The van der Waals surface area contributed by atoms with Gasteiger partial charge in [0.15, 0.2) is 5.78 Å². The number of unbranched alkanes of at least 4 members (excludes halogenated alkanes) is 2. The molecule has 2 heterocycles. The van der Waals surface area contributed by atoms with Gasteiger partial charge in [0.25, 0.3) is 0 Å². The second kappa shape index (κ2) is 16.1. The van der Waals surface area contributed by atoms with E-state index in [0.717, 1.165) is 24.0 Å². The van der Waals surface area contributed by atoms with Crippen molar-refractivity contribution in [1.29, 1.82) is 0 Å². The summed E-state index contributed by atoms with van der Waals surface area (Å²) < 4.78 is 0. The fourth-order valence-corrected chi connectivity index (χ4v) is 5.89. The van der Waals surface area contributed by atoms with E-state index in [9.17, 15) is 29.1 Å². The topological polar surface area (TPSA) is 145 Å². The first-order chi connectivity index (χ1) is 21.2. The Bertz CT molecular complexity index is 1290. The Morgan fingerprint density at radius 2 is 1.34 bits per heavy atom. The fraction of sp³-hybridized carbons (Fsp3) is 0.500. The third kappa shape index (κ3) is 9.22. The largest absolute Gasteiger partial charge is 0.386 e. The van der Waals surface area contributed by atoms with Crippen molar-refractivity contribution in [1.82, 2.24) is 20.9 Å². The van der Waals surface area contributed by atoms with Crippen LogP contribution < -0.4 is 16.0 Å². The van der Waals surface area contributed by atoms with Gasteiger partial charge in [0.1, 0.15) is 30.3 Å². The molecule has 10 nitrogen and oxygen atoms in total. The van der Waals surface area contributed by atoms with Crippen LogP contribution in [-0.4, -0.2) is 76.2 Å². The number of Topliss-reactive ketones (excluding diaryl/α,β-unsaturated/α-hetero) is 1.